The van der Waals surface area contributed by atoms with Gasteiger partial charge in [0.15, 0.2) is 0 Å². The Morgan fingerprint density at radius 3 is 1.24 bits per heavy atom. The van der Waals surface area contributed by atoms with E-state index in [1.807, 2.05) is 0 Å². The Bertz CT molecular complexity index is 607. The summed E-state index contributed by atoms with van der Waals surface area (Å²) in [5.74, 6) is 1.92. The van der Waals surface area contributed by atoms with Crippen LogP contribution in [0, 0.1) is 27.7 Å². The van der Waals surface area contributed by atoms with Crippen molar-refractivity contribution in [3.8, 4) is 11.5 Å². The van der Waals surface area contributed by atoms with Gasteiger partial charge in [-0.2, -0.15) is 0 Å². The van der Waals surface area contributed by atoms with E-state index in [1.54, 1.807) is 0 Å². The largest absolute Gasteiger partial charge is 0.488 e. The molecule has 2 aromatic rings. The van der Waals surface area contributed by atoms with Crippen molar-refractivity contribution in [1.82, 2.24) is 0 Å². The molecule has 3 nitrogen and oxygen atoms in total. The van der Waals surface area contributed by atoms with Crippen LogP contribution in [0.25, 0.3) is 0 Å². The predicted molar refractivity (Wildman–Crippen MR) is 105 cm³/mol. The van der Waals surface area contributed by atoms with E-state index in [1.165, 1.54) is 22.3 Å². The molecule has 0 aromatic heterocycles. The number of quaternary nitrogens is 1. The van der Waals surface area contributed by atoms with Gasteiger partial charge < -0.3 is 14.0 Å². The molecule has 2 aromatic carbocycles. The van der Waals surface area contributed by atoms with Gasteiger partial charge in [0, 0.05) is 0 Å². The number of likely N-dealkylation sites (N-methyl/N-ethyl adjacent to an activating group) is 1. The van der Waals surface area contributed by atoms with Crippen molar-refractivity contribution in [3.05, 3.63) is 58.7 Å². The summed E-state index contributed by atoms with van der Waals surface area (Å²) in [6, 6.07) is 12.7. The Hall–Kier alpha value is -2.00. The molecule has 0 radical (unpaired) electrons. The number of hydrogen-bond acceptors (Lipinski definition) is 2. The van der Waals surface area contributed by atoms with Crippen LogP contribution in [0.1, 0.15) is 22.3 Å². The van der Waals surface area contributed by atoms with Gasteiger partial charge in [-0.15, -0.1) is 0 Å². The highest BCUT2D eigenvalue weighted by atomic mass is 16.5. The van der Waals surface area contributed by atoms with Crippen LogP contribution < -0.4 is 9.47 Å². The van der Waals surface area contributed by atoms with E-state index in [2.05, 4.69) is 78.2 Å². The third-order valence-electron chi connectivity index (χ3n) is 4.32. The number of rotatable bonds is 8. The Morgan fingerprint density at radius 2 is 0.920 bits per heavy atom. The summed E-state index contributed by atoms with van der Waals surface area (Å²) in [6.45, 7) is 11.7. The molecule has 3 heteroatoms. The van der Waals surface area contributed by atoms with Gasteiger partial charge in [0.1, 0.15) is 37.8 Å². The molecule has 25 heavy (non-hydrogen) atoms. The van der Waals surface area contributed by atoms with Crippen molar-refractivity contribution >= 4 is 0 Å². The lowest BCUT2D eigenvalue weighted by molar-refractivity contribution is -0.890. The molecule has 2 rings (SSSR count). The number of hydrogen-bond donors (Lipinski definition) is 0. The number of nitrogens with zero attached hydrogens (tertiary/aromatic N) is 1. The maximum Gasteiger partial charge on any atom is 0.137 e. The standard InChI is InChI=1S/C22H32NO2/c1-17-11-18(2)14-21(13-17)24-9-7-23(5,6)8-10-25-22-15-19(3)12-20(4)16-22/h11-16H,7-10H2,1-6H3/q+1. The monoisotopic (exact) mass is 342 g/mol. The maximum atomic E-state index is 5.94. The highest BCUT2D eigenvalue weighted by molar-refractivity contribution is 5.33. The van der Waals surface area contributed by atoms with E-state index in [0.717, 1.165) is 29.1 Å². The normalized spacial score (nSPS) is 11.4. The third kappa shape index (κ3) is 6.79. The van der Waals surface area contributed by atoms with E-state index in [4.69, 9.17) is 9.47 Å². The molecule has 0 atom stereocenters. The van der Waals surface area contributed by atoms with Gasteiger partial charge in [0.2, 0.25) is 0 Å². The molecule has 0 saturated heterocycles. The smallest absolute Gasteiger partial charge is 0.137 e. The molecular weight excluding hydrogens is 310 g/mol. The van der Waals surface area contributed by atoms with Gasteiger partial charge >= 0.3 is 0 Å². The van der Waals surface area contributed by atoms with Gasteiger partial charge in [-0.05, 0) is 74.2 Å². The number of aryl methyl sites for hydroxylation is 4. The molecule has 136 valence electrons. The molecule has 0 amide bonds. The van der Waals surface area contributed by atoms with Crippen LogP contribution in [0.3, 0.4) is 0 Å². The Morgan fingerprint density at radius 1 is 0.600 bits per heavy atom. The minimum atomic E-state index is 0.708. The fourth-order valence-corrected chi connectivity index (χ4v) is 2.97. The van der Waals surface area contributed by atoms with Gasteiger partial charge in [0.05, 0.1) is 14.1 Å². The zero-order valence-corrected chi connectivity index (χ0v) is 16.6. The molecule has 0 spiro atoms. The summed E-state index contributed by atoms with van der Waals surface area (Å²) < 4.78 is 12.8. The lowest BCUT2D eigenvalue weighted by Gasteiger charge is -2.29. The van der Waals surface area contributed by atoms with Crippen LogP contribution in [0.5, 0.6) is 11.5 Å². The first-order valence-electron chi connectivity index (χ1n) is 8.98. The van der Waals surface area contributed by atoms with Crippen LogP contribution in [-0.4, -0.2) is 44.9 Å². The quantitative estimate of drug-likeness (QED) is 0.660. The van der Waals surface area contributed by atoms with E-state index in [0.29, 0.717) is 13.2 Å². The molecular formula is C22H32NO2+. The van der Waals surface area contributed by atoms with E-state index >= 15 is 0 Å². The zero-order valence-electron chi connectivity index (χ0n) is 16.6. The lowest BCUT2D eigenvalue weighted by atomic mass is 10.1. The van der Waals surface area contributed by atoms with Gasteiger partial charge in [-0.1, -0.05) is 12.1 Å². The maximum absolute atomic E-state index is 5.94. The summed E-state index contributed by atoms with van der Waals surface area (Å²) >= 11 is 0. The number of benzene rings is 2. The highest BCUT2D eigenvalue weighted by Gasteiger charge is 2.15. The molecule has 0 aliphatic rings. The van der Waals surface area contributed by atoms with Crippen LogP contribution >= 0.6 is 0 Å². The molecule has 0 saturated carbocycles. The van der Waals surface area contributed by atoms with E-state index < -0.39 is 0 Å². The van der Waals surface area contributed by atoms with Crippen molar-refractivity contribution in [2.45, 2.75) is 27.7 Å². The van der Waals surface area contributed by atoms with Crippen LogP contribution in [-0.2, 0) is 0 Å². The first kappa shape index (κ1) is 19.3. The molecule has 0 unspecified atom stereocenters. The van der Waals surface area contributed by atoms with Crippen LogP contribution in [0.4, 0.5) is 0 Å². The SMILES string of the molecule is Cc1cc(C)cc(OCC[N+](C)(C)CCOc2cc(C)cc(C)c2)c1. The van der Waals surface area contributed by atoms with Crippen LogP contribution in [0.2, 0.25) is 0 Å². The van der Waals surface area contributed by atoms with Gasteiger partial charge in [-0.25, -0.2) is 0 Å². The first-order valence-corrected chi connectivity index (χ1v) is 8.98. The van der Waals surface area contributed by atoms with Crippen molar-refractivity contribution in [2.24, 2.45) is 0 Å². The summed E-state index contributed by atoms with van der Waals surface area (Å²) in [6.07, 6.45) is 0. The summed E-state index contributed by atoms with van der Waals surface area (Å²) in [5.41, 5.74) is 4.97. The second kappa shape index (κ2) is 8.39. The fraction of sp³-hybridized carbons (Fsp3) is 0.455. The van der Waals surface area contributed by atoms with Crippen LogP contribution in [0.15, 0.2) is 36.4 Å². The second-order valence-electron chi connectivity index (χ2n) is 7.73. The van der Waals surface area contributed by atoms with E-state index in [-0.39, 0.29) is 0 Å². The minimum absolute atomic E-state index is 0.708. The minimum Gasteiger partial charge on any atom is -0.488 e. The molecule has 0 heterocycles. The average molecular weight is 343 g/mol. The summed E-state index contributed by atoms with van der Waals surface area (Å²) in [4.78, 5) is 0. The van der Waals surface area contributed by atoms with E-state index in [9.17, 15) is 0 Å². The first-order chi connectivity index (χ1) is 11.7. The Kier molecular flexibility index (Phi) is 6.49. The van der Waals surface area contributed by atoms with Crippen molar-refractivity contribution < 1.29 is 14.0 Å². The lowest BCUT2D eigenvalue weighted by Crippen LogP contribution is -2.45. The average Bonchev–Trinajstić information content (AvgIpc) is 2.44. The van der Waals surface area contributed by atoms with Gasteiger partial charge in [0.25, 0.3) is 0 Å². The summed E-state index contributed by atoms with van der Waals surface area (Å²) in [5, 5.41) is 0. The second-order valence-corrected chi connectivity index (χ2v) is 7.73. The van der Waals surface area contributed by atoms with Crippen molar-refractivity contribution in [2.75, 3.05) is 40.4 Å². The van der Waals surface area contributed by atoms with Gasteiger partial charge in [-0.3, -0.25) is 0 Å². The topological polar surface area (TPSA) is 18.5 Å². The highest BCUT2D eigenvalue weighted by Crippen LogP contribution is 2.17. The third-order valence-corrected chi connectivity index (χ3v) is 4.32. The molecule has 0 bridgehead atoms. The molecule has 0 fully saturated rings. The Labute approximate surface area is 152 Å². The number of ether oxygens (including phenoxy) is 2. The Balaban J connectivity index is 1.77. The predicted octanol–water partition coefficient (Wildman–Crippen LogP) is 4.45. The summed E-state index contributed by atoms with van der Waals surface area (Å²) in [7, 11) is 4.44. The molecule has 0 aliphatic carbocycles. The van der Waals surface area contributed by atoms with Crippen molar-refractivity contribution in [1.29, 1.82) is 0 Å². The molecule has 0 aliphatic heterocycles. The molecule has 0 N–H and O–H groups in total. The fourth-order valence-electron chi connectivity index (χ4n) is 2.97. The van der Waals surface area contributed by atoms with Crippen molar-refractivity contribution in [3.63, 3.8) is 0 Å². The zero-order chi connectivity index (χ0) is 18.4.